The van der Waals surface area contributed by atoms with E-state index < -0.39 is 11.5 Å². The molecule has 1 aliphatic rings. The maximum Gasteiger partial charge on any atom is 0.279 e. The van der Waals surface area contributed by atoms with E-state index in [0.717, 1.165) is 44.5 Å². The van der Waals surface area contributed by atoms with Crippen LogP contribution in [0.25, 0.3) is 22.4 Å². The van der Waals surface area contributed by atoms with Crippen molar-refractivity contribution in [2.24, 2.45) is 7.05 Å². The van der Waals surface area contributed by atoms with Crippen molar-refractivity contribution in [3.05, 3.63) is 92.4 Å². The van der Waals surface area contributed by atoms with E-state index in [1.807, 2.05) is 50.2 Å². The minimum Gasteiger partial charge on any atom is -0.481 e. The zero-order chi connectivity index (χ0) is 30.7. The standard InChI is InChI=1S/C32H33ClN6O4/c1-18-15-27(38-31(43-4)25(18)17-34-16-20-11-12-28(40)36-20)23-9-5-8-22(29(23)33)21-7-6-10-26(19(21)2)37-30(41)24-13-14-35-39(3)32(24)42/h5-10,13-15,20,34H,11-12,16-17H2,1-4H3,(H,36,40)(H,37,41). The lowest BCUT2D eigenvalue weighted by atomic mass is 9.96. The molecule has 0 radical (unpaired) electrons. The minimum absolute atomic E-state index is 0.00155. The Kier molecular flexibility index (Phi) is 8.89. The molecule has 1 fully saturated rings. The normalized spacial score (nSPS) is 14.4. The van der Waals surface area contributed by atoms with E-state index >= 15 is 0 Å². The molecule has 1 unspecified atom stereocenters. The number of anilines is 1. The number of benzene rings is 2. The number of carbonyl (C=O) groups is 2. The predicted octanol–water partition coefficient (Wildman–Crippen LogP) is 4.41. The molecule has 0 spiro atoms. The molecule has 0 saturated carbocycles. The third-order valence-corrected chi connectivity index (χ3v) is 8.08. The molecule has 2 aromatic carbocycles. The van der Waals surface area contributed by atoms with Crippen molar-refractivity contribution < 1.29 is 14.3 Å². The van der Waals surface area contributed by atoms with Gasteiger partial charge >= 0.3 is 0 Å². The Hall–Kier alpha value is -4.54. The molecule has 2 amide bonds. The van der Waals surface area contributed by atoms with Crippen molar-refractivity contribution >= 4 is 29.1 Å². The van der Waals surface area contributed by atoms with Gasteiger partial charge in [-0.15, -0.1) is 0 Å². The van der Waals surface area contributed by atoms with Crippen LogP contribution in [0.3, 0.4) is 0 Å². The van der Waals surface area contributed by atoms with E-state index in [-0.39, 0.29) is 17.5 Å². The Bertz CT molecular complexity index is 1770. The van der Waals surface area contributed by atoms with E-state index in [9.17, 15) is 14.4 Å². The van der Waals surface area contributed by atoms with E-state index in [0.29, 0.717) is 41.8 Å². The van der Waals surface area contributed by atoms with Crippen LogP contribution in [0.5, 0.6) is 5.88 Å². The van der Waals surface area contributed by atoms with Crippen LogP contribution in [-0.2, 0) is 18.4 Å². The Morgan fingerprint density at radius 2 is 1.86 bits per heavy atom. The number of halogens is 1. The lowest BCUT2D eigenvalue weighted by Gasteiger charge is -2.18. The molecule has 5 rings (SSSR count). The number of rotatable bonds is 9. The Labute approximate surface area is 254 Å². The number of methoxy groups -OCH3 is 1. The number of aryl methyl sites for hydroxylation is 2. The third kappa shape index (κ3) is 6.30. The van der Waals surface area contributed by atoms with Crippen molar-refractivity contribution in [1.82, 2.24) is 25.4 Å². The quantitative estimate of drug-likeness (QED) is 0.260. The lowest BCUT2D eigenvalue weighted by molar-refractivity contribution is -0.119. The fraction of sp³-hybridized carbons (Fsp3) is 0.281. The van der Waals surface area contributed by atoms with Crippen molar-refractivity contribution in [3.63, 3.8) is 0 Å². The van der Waals surface area contributed by atoms with E-state index in [1.54, 1.807) is 13.2 Å². The van der Waals surface area contributed by atoms with Gasteiger partial charge < -0.3 is 20.7 Å². The van der Waals surface area contributed by atoms with Crippen LogP contribution in [0.1, 0.15) is 39.9 Å². The molecule has 3 N–H and O–H groups in total. The predicted molar refractivity (Wildman–Crippen MR) is 166 cm³/mol. The molecular formula is C32H33ClN6O4. The smallest absolute Gasteiger partial charge is 0.279 e. The maximum absolute atomic E-state index is 12.9. The Morgan fingerprint density at radius 1 is 1.12 bits per heavy atom. The zero-order valence-electron chi connectivity index (χ0n) is 24.5. The van der Waals surface area contributed by atoms with Crippen LogP contribution >= 0.6 is 11.6 Å². The molecule has 4 aromatic rings. The van der Waals surface area contributed by atoms with Gasteiger partial charge in [-0.3, -0.25) is 14.4 Å². The topological polar surface area (TPSA) is 127 Å². The van der Waals surface area contributed by atoms with Crippen molar-refractivity contribution in [1.29, 1.82) is 0 Å². The van der Waals surface area contributed by atoms with Crippen molar-refractivity contribution in [2.45, 2.75) is 39.3 Å². The summed E-state index contributed by atoms with van der Waals surface area (Å²) in [6.07, 6.45) is 2.80. The third-order valence-electron chi connectivity index (χ3n) is 7.68. The average Bonchev–Trinajstić information content (AvgIpc) is 3.41. The SMILES string of the molecule is COc1nc(-c2cccc(-c3cccc(NC(=O)c4ccnn(C)c4=O)c3C)c2Cl)cc(C)c1CNCC1CCC(=O)N1. The highest BCUT2D eigenvalue weighted by molar-refractivity contribution is 6.36. The Balaban J connectivity index is 1.42. The van der Waals surface area contributed by atoms with Gasteiger partial charge in [0.05, 0.1) is 17.8 Å². The lowest BCUT2D eigenvalue weighted by Crippen LogP contribution is -2.35. The summed E-state index contributed by atoms with van der Waals surface area (Å²) in [7, 11) is 3.09. The second-order valence-electron chi connectivity index (χ2n) is 10.5. The molecule has 43 heavy (non-hydrogen) atoms. The fourth-order valence-electron chi connectivity index (χ4n) is 5.26. The van der Waals surface area contributed by atoms with E-state index in [2.05, 4.69) is 21.0 Å². The number of nitrogens with zero attached hydrogens (tertiary/aromatic N) is 3. The van der Waals surface area contributed by atoms with Gasteiger partial charge in [0, 0.05) is 61.2 Å². The van der Waals surface area contributed by atoms with Gasteiger partial charge in [0.15, 0.2) is 0 Å². The molecule has 1 atom stereocenters. The van der Waals surface area contributed by atoms with E-state index in [4.69, 9.17) is 21.3 Å². The van der Waals surface area contributed by atoms with Gasteiger partial charge in [0.2, 0.25) is 11.8 Å². The number of nitrogens with one attached hydrogen (secondary N) is 3. The number of ether oxygens (including phenoxy) is 1. The second-order valence-corrected chi connectivity index (χ2v) is 10.9. The van der Waals surface area contributed by atoms with Crippen LogP contribution < -0.4 is 26.2 Å². The monoisotopic (exact) mass is 600 g/mol. The highest BCUT2D eigenvalue weighted by Gasteiger charge is 2.21. The molecule has 10 nitrogen and oxygen atoms in total. The number of hydrogen-bond donors (Lipinski definition) is 3. The zero-order valence-corrected chi connectivity index (χ0v) is 25.2. The number of hydrogen-bond acceptors (Lipinski definition) is 7. The van der Waals surface area contributed by atoms with Crippen LogP contribution in [0, 0.1) is 13.8 Å². The van der Waals surface area contributed by atoms with Gasteiger partial charge in [0.1, 0.15) is 5.56 Å². The van der Waals surface area contributed by atoms with Crippen LogP contribution in [0.15, 0.2) is 59.5 Å². The molecule has 222 valence electrons. The van der Waals surface area contributed by atoms with E-state index in [1.165, 1.54) is 19.3 Å². The van der Waals surface area contributed by atoms with Gasteiger partial charge in [-0.2, -0.15) is 5.10 Å². The Morgan fingerprint density at radius 3 is 2.60 bits per heavy atom. The molecule has 3 heterocycles. The molecule has 2 aromatic heterocycles. The number of carbonyl (C=O) groups excluding carboxylic acids is 2. The summed E-state index contributed by atoms with van der Waals surface area (Å²) in [5.41, 5.74) is 5.82. The highest BCUT2D eigenvalue weighted by atomic mass is 35.5. The number of aromatic nitrogens is 3. The number of amides is 2. The largest absolute Gasteiger partial charge is 0.481 e. The number of pyridine rings is 1. The summed E-state index contributed by atoms with van der Waals surface area (Å²) in [6, 6.07) is 14.8. The fourth-order valence-corrected chi connectivity index (χ4v) is 5.59. The maximum atomic E-state index is 12.9. The van der Waals surface area contributed by atoms with Crippen LogP contribution in [0.4, 0.5) is 5.69 Å². The summed E-state index contributed by atoms with van der Waals surface area (Å²) >= 11 is 7.03. The summed E-state index contributed by atoms with van der Waals surface area (Å²) < 4.78 is 6.79. The average molecular weight is 601 g/mol. The molecular weight excluding hydrogens is 568 g/mol. The summed E-state index contributed by atoms with van der Waals surface area (Å²) in [4.78, 5) is 41.6. The molecule has 0 aliphatic carbocycles. The second kappa shape index (κ2) is 12.8. The summed E-state index contributed by atoms with van der Waals surface area (Å²) in [5, 5.41) is 13.6. The van der Waals surface area contributed by atoms with Gasteiger partial charge in [-0.05, 0) is 55.2 Å². The molecule has 1 saturated heterocycles. The molecule has 11 heteroatoms. The van der Waals surface area contributed by atoms with Crippen molar-refractivity contribution in [2.75, 3.05) is 19.0 Å². The molecule has 0 bridgehead atoms. The van der Waals surface area contributed by atoms with Crippen LogP contribution in [-0.4, -0.2) is 46.3 Å². The summed E-state index contributed by atoms with van der Waals surface area (Å²) in [5.74, 6) is 0.0782. The van der Waals surface area contributed by atoms with Gasteiger partial charge in [-0.25, -0.2) is 9.67 Å². The first kappa shape index (κ1) is 29.9. The van der Waals surface area contributed by atoms with Gasteiger partial charge in [0.25, 0.3) is 11.5 Å². The van der Waals surface area contributed by atoms with Crippen molar-refractivity contribution in [3.8, 4) is 28.3 Å². The first-order chi connectivity index (χ1) is 20.7. The highest BCUT2D eigenvalue weighted by Crippen LogP contribution is 2.39. The molecule has 1 aliphatic heterocycles. The van der Waals surface area contributed by atoms with Gasteiger partial charge in [-0.1, -0.05) is 41.9 Å². The van der Waals surface area contributed by atoms with Crippen LogP contribution in [0.2, 0.25) is 5.02 Å². The minimum atomic E-state index is -0.516. The first-order valence-electron chi connectivity index (χ1n) is 13.9. The summed E-state index contributed by atoms with van der Waals surface area (Å²) in [6.45, 7) is 5.11. The first-order valence-corrected chi connectivity index (χ1v) is 14.3.